The van der Waals surface area contributed by atoms with Crippen LogP contribution in [0.2, 0.25) is 0 Å². The molecular formula is C14H19N3OS. The minimum atomic E-state index is 0.626. The van der Waals surface area contributed by atoms with E-state index in [1.54, 1.807) is 23.9 Å². The van der Waals surface area contributed by atoms with Crippen LogP contribution in [0.25, 0.3) is 10.6 Å². The Morgan fingerprint density at radius 2 is 2.53 bits per heavy atom. The van der Waals surface area contributed by atoms with E-state index in [2.05, 4.69) is 15.6 Å². The molecule has 0 amide bonds. The minimum absolute atomic E-state index is 0.626. The van der Waals surface area contributed by atoms with E-state index in [0.717, 1.165) is 29.4 Å². The number of hydrogen-bond acceptors (Lipinski definition) is 5. The van der Waals surface area contributed by atoms with Crippen LogP contribution in [0.3, 0.4) is 0 Å². The maximum absolute atomic E-state index is 5.10. The number of piperidine rings is 1. The molecule has 1 N–H and O–H groups in total. The molecule has 3 heterocycles. The van der Waals surface area contributed by atoms with E-state index in [0.29, 0.717) is 6.04 Å². The zero-order chi connectivity index (χ0) is 13.1. The van der Waals surface area contributed by atoms with Crippen molar-refractivity contribution >= 4 is 11.3 Å². The van der Waals surface area contributed by atoms with Gasteiger partial charge in [-0.1, -0.05) is 0 Å². The van der Waals surface area contributed by atoms with E-state index in [1.807, 2.05) is 13.1 Å². The van der Waals surface area contributed by atoms with Gasteiger partial charge >= 0.3 is 0 Å². The molecule has 5 heteroatoms. The van der Waals surface area contributed by atoms with Gasteiger partial charge in [0.1, 0.15) is 11.3 Å². The lowest BCUT2D eigenvalue weighted by Gasteiger charge is -2.31. The van der Waals surface area contributed by atoms with Crippen LogP contribution in [0, 0.1) is 0 Å². The zero-order valence-corrected chi connectivity index (χ0v) is 11.9. The van der Waals surface area contributed by atoms with Crippen LogP contribution < -0.4 is 5.32 Å². The highest BCUT2D eigenvalue weighted by molar-refractivity contribution is 7.13. The van der Waals surface area contributed by atoms with Crippen molar-refractivity contribution < 1.29 is 4.42 Å². The molecule has 19 heavy (non-hydrogen) atoms. The van der Waals surface area contributed by atoms with Crippen LogP contribution in [0.4, 0.5) is 0 Å². The van der Waals surface area contributed by atoms with Gasteiger partial charge in [-0.25, -0.2) is 4.98 Å². The normalized spacial score (nSPS) is 20.8. The van der Waals surface area contributed by atoms with Gasteiger partial charge < -0.3 is 9.73 Å². The number of thiazole rings is 1. The van der Waals surface area contributed by atoms with Gasteiger partial charge in [0.05, 0.1) is 12.0 Å². The number of likely N-dealkylation sites (tertiary alicyclic amines) is 1. The maximum atomic E-state index is 5.10. The Morgan fingerprint density at radius 1 is 1.58 bits per heavy atom. The highest BCUT2D eigenvalue weighted by Gasteiger charge is 2.19. The molecule has 1 aliphatic heterocycles. The summed E-state index contributed by atoms with van der Waals surface area (Å²) in [4.78, 5) is 7.18. The fraction of sp³-hybridized carbons (Fsp3) is 0.500. The molecular weight excluding hydrogens is 258 g/mol. The van der Waals surface area contributed by atoms with Crippen LogP contribution in [-0.4, -0.2) is 36.1 Å². The fourth-order valence-corrected chi connectivity index (χ4v) is 3.36. The van der Waals surface area contributed by atoms with E-state index >= 15 is 0 Å². The quantitative estimate of drug-likeness (QED) is 0.932. The summed E-state index contributed by atoms with van der Waals surface area (Å²) >= 11 is 1.69. The second kappa shape index (κ2) is 5.86. The Hall–Kier alpha value is -1.17. The first-order chi connectivity index (χ1) is 9.35. The van der Waals surface area contributed by atoms with Gasteiger partial charge in [-0.05, 0) is 32.5 Å². The molecule has 0 saturated carbocycles. The van der Waals surface area contributed by atoms with E-state index in [-0.39, 0.29) is 0 Å². The molecule has 0 aliphatic carbocycles. The van der Waals surface area contributed by atoms with Crippen molar-refractivity contribution in [3.8, 4) is 10.6 Å². The highest BCUT2D eigenvalue weighted by Crippen LogP contribution is 2.25. The molecule has 2 aromatic heterocycles. The third-order valence-corrected chi connectivity index (χ3v) is 4.56. The van der Waals surface area contributed by atoms with Crippen molar-refractivity contribution in [2.45, 2.75) is 25.4 Å². The molecule has 1 fully saturated rings. The van der Waals surface area contributed by atoms with Gasteiger partial charge in [-0.2, -0.15) is 0 Å². The van der Waals surface area contributed by atoms with Crippen molar-refractivity contribution in [1.29, 1.82) is 0 Å². The summed E-state index contributed by atoms with van der Waals surface area (Å²) in [5, 5.41) is 6.58. The Morgan fingerprint density at radius 3 is 3.32 bits per heavy atom. The van der Waals surface area contributed by atoms with Crippen molar-refractivity contribution in [2.75, 3.05) is 20.1 Å². The van der Waals surface area contributed by atoms with E-state index in [1.165, 1.54) is 19.4 Å². The van der Waals surface area contributed by atoms with Crippen LogP contribution in [-0.2, 0) is 6.54 Å². The molecule has 0 bridgehead atoms. The third kappa shape index (κ3) is 3.05. The summed E-state index contributed by atoms with van der Waals surface area (Å²) in [6.45, 7) is 3.25. The second-order valence-corrected chi connectivity index (χ2v) is 5.88. The van der Waals surface area contributed by atoms with Crippen LogP contribution in [0.15, 0.2) is 28.4 Å². The van der Waals surface area contributed by atoms with Gasteiger partial charge in [-0.15, -0.1) is 11.3 Å². The molecule has 1 atom stereocenters. The first-order valence-corrected chi connectivity index (χ1v) is 7.59. The molecule has 0 spiro atoms. The molecule has 4 nitrogen and oxygen atoms in total. The Bertz CT molecular complexity index is 509. The average Bonchev–Trinajstić information content (AvgIpc) is 3.09. The van der Waals surface area contributed by atoms with Crippen LogP contribution in [0.5, 0.6) is 0 Å². The standard InChI is InChI=1S/C14H19N3OS/c1-15-12-3-2-5-17(7-12)8-13-10-19-14(16-13)11-4-6-18-9-11/h4,6,9-10,12,15H,2-3,5,7-8H2,1H3. The summed E-state index contributed by atoms with van der Waals surface area (Å²) < 4.78 is 5.10. The molecule has 102 valence electrons. The number of nitrogens with zero attached hydrogens (tertiary/aromatic N) is 2. The van der Waals surface area contributed by atoms with Crippen LogP contribution >= 0.6 is 11.3 Å². The molecule has 1 aliphatic rings. The summed E-state index contributed by atoms with van der Waals surface area (Å²) in [5.41, 5.74) is 2.24. The summed E-state index contributed by atoms with van der Waals surface area (Å²) in [5.74, 6) is 0. The molecule has 0 aromatic carbocycles. The lowest BCUT2D eigenvalue weighted by Crippen LogP contribution is -2.43. The lowest BCUT2D eigenvalue weighted by atomic mass is 10.1. The van der Waals surface area contributed by atoms with Crippen molar-refractivity contribution in [2.24, 2.45) is 0 Å². The highest BCUT2D eigenvalue weighted by atomic mass is 32.1. The Labute approximate surface area is 117 Å². The van der Waals surface area contributed by atoms with Gasteiger partial charge in [0.15, 0.2) is 0 Å². The number of rotatable bonds is 4. The Balaban J connectivity index is 1.64. The number of furan rings is 1. The fourth-order valence-electron chi connectivity index (χ4n) is 2.56. The van der Waals surface area contributed by atoms with E-state index in [9.17, 15) is 0 Å². The topological polar surface area (TPSA) is 41.3 Å². The lowest BCUT2D eigenvalue weighted by molar-refractivity contribution is 0.186. The SMILES string of the molecule is CNC1CCCN(Cc2csc(-c3ccoc3)n2)C1. The maximum Gasteiger partial charge on any atom is 0.126 e. The first-order valence-electron chi connectivity index (χ1n) is 6.72. The predicted octanol–water partition coefficient (Wildman–Crippen LogP) is 2.59. The zero-order valence-electron chi connectivity index (χ0n) is 11.1. The number of likely N-dealkylation sites (N-methyl/N-ethyl adjacent to an activating group) is 1. The van der Waals surface area contributed by atoms with Gasteiger partial charge in [-0.3, -0.25) is 4.90 Å². The molecule has 2 aromatic rings. The molecule has 1 saturated heterocycles. The molecule has 0 radical (unpaired) electrons. The van der Waals surface area contributed by atoms with Gasteiger partial charge in [0.2, 0.25) is 0 Å². The monoisotopic (exact) mass is 277 g/mol. The molecule has 1 unspecified atom stereocenters. The third-order valence-electron chi connectivity index (χ3n) is 3.62. The minimum Gasteiger partial charge on any atom is -0.472 e. The first kappa shape index (κ1) is 12.8. The van der Waals surface area contributed by atoms with E-state index < -0.39 is 0 Å². The predicted molar refractivity (Wildman–Crippen MR) is 77.2 cm³/mol. The summed E-state index contributed by atoms with van der Waals surface area (Å²) in [6, 6.07) is 2.58. The second-order valence-electron chi connectivity index (χ2n) is 5.02. The van der Waals surface area contributed by atoms with Crippen LogP contribution in [0.1, 0.15) is 18.5 Å². The van der Waals surface area contributed by atoms with Gasteiger partial charge in [0.25, 0.3) is 0 Å². The average molecular weight is 277 g/mol. The Kier molecular flexibility index (Phi) is 3.96. The number of nitrogens with one attached hydrogen (secondary N) is 1. The largest absolute Gasteiger partial charge is 0.472 e. The summed E-state index contributed by atoms with van der Waals surface area (Å²) in [7, 11) is 2.05. The van der Waals surface area contributed by atoms with Crippen molar-refractivity contribution in [3.05, 3.63) is 29.7 Å². The van der Waals surface area contributed by atoms with Gasteiger partial charge in [0, 0.05) is 30.1 Å². The number of aromatic nitrogens is 1. The number of hydrogen-bond donors (Lipinski definition) is 1. The van der Waals surface area contributed by atoms with Crippen molar-refractivity contribution in [1.82, 2.24) is 15.2 Å². The summed E-state index contributed by atoms with van der Waals surface area (Å²) in [6.07, 6.45) is 5.99. The molecule has 3 rings (SSSR count). The smallest absolute Gasteiger partial charge is 0.126 e. The van der Waals surface area contributed by atoms with E-state index in [4.69, 9.17) is 9.40 Å². The van der Waals surface area contributed by atoms with Crippen molar-refractivity contribution in [3.63, 3.8) is 0 Å².